The number of aliphatic hydroxyl groups is 1. The molecule has 1 aliphatic rings. The molecule has 0 saturated carbocycles. The Bertz CT molecular complexity index is 616. The summed E-state index contributed by atoms with van der Waals surface area (Å²) in [7, 11) is 0. The minimum Gasteiger partial charge on any atom is -0.483 e. The predicted molar refractivity (Wildman–Crippen MR) is 76.0 cm³/mol. The van der Waals surface area contributed by atoms with Crippen LogP contribution in [-0.4, -0.2) is 11.2 Å². The molecule has 0 bridgehead atoms. The molecule has 0 radical (unpaired) electrons. The van der Waals surface area contributed by atoms with Crippen LogP contribution < -0.4 is 4.74 Å². The number of hydrogen-bond donors (Lipinski definition) is 1. The highest BCUT2D eigenvalue weighted by atomic mass is 16.5. The van der Waals surface area contributed by atoms with Crippen molar-refractivity contribution in [1.82, 2.24) is 0 Å². The summed E-state index contributed by atoms with van der Waals surface area (Å²) in [5.41, 5.74) is 3.12. The van der Waals surface area contributed by atoms with Gasteiger partial charge < -0.3 is 9.84 Å². The van der Waals surface area contributed by atoms with Gasteiger partial charge in [0.05, 0.1) is 0 Å². The number of aliphatic hydroxyl groups excluding tert-OH is 1. The number of fused-ring (bicyclic) bond motifs is 1. The summed E-state index contributed by atoms with van der Waals surface area (Å²) in [6, 6.07) is 15.7. The van der Waals surface area contributed by atoms with Crippen LogP contribution in [-0.2, 0) is 0 Å². The molecule has 2 aromatic rings. The molecule has 1 N–H and O–H groups in total. The summed E-state index contributed by atoms with van der Waals surface area (Å²) in [5, 5.41) is 10.4. The Morgan fingerprint density at radius 2 is 1.89 bits per heavy atom. The first kappa shape index (κ1) is 12.0. The second kappa shape index (κ2) is 4.90. The van der Waals surface area contributed by atoms with Crippen LogP contribution in [0.2, 0.25) is 0 Å². The third-order valence-electron chi connectivity index (χ3n) is 3.35. The van der Waals surface area contributed by atoms with Crippen LogP contribution in [0.1, 0.15) is 22.8 Å². The lowest BCUT2D eigenvalue weighted by Crippen LogP contribution is -2.25. The summed E-state index contributed by atoms with van der Waals surface area (Å²) in [4.78, 5) is 0. The van der Waals surface area contributed by atoms with E-state index >= 15 is 0 Å². The van der Waals surface area contributed by atoms with Gasteiger partial charge in [-0.15, -0.1) is 0 Å². The molecule has 2 heteroatoms. The van der Waals surface area contributed by atoms with E-state index in [4.69, 9.17) is 4.74 Å². The van der Waals surface area contributed by atoms with Crippen LogP contribution in [0.3, 0.4) is 0 Å². The lowest BCUT2D eigenvalue weighted by Gasteiger charge is -2.26. The largest absolute Gasteiger partial charge is 0.483 e. The second-order valence-electron chi connectivity index (χ2n) is 4.83. The summed E-state index contributed by atoms with van der Waals surface area (Å²) in [6.07, 6.45) is 2.95. The van der Waals surface area contributed by atoms with E-state index in [-0.39, 0.29) is 6.10 Å². The average Bonchev–Trinajstić information content (AvgIpc) is 2.42. The maximum absolute atomic E-state index is 10.4. The van der Waals surface area contributed by atoms with Gasteiger partial charge in [0.1, 0.15) is 18.0 Å². The van der Waals surface area contributed by atoms with Crippen molar-refractivity contribution in [2.75, 3.05) is 0 Å². The molecule has 0 fully saturated rings. The van der Waals surface area contributed by atoms with Crippen molar-refractivity contribution in [1.29, 1.82) is 0 Å². The number of rotatable bonds is 2. The van der Waals surface area contributed by atoms with Crippen molar-refractivity contribution in [2.24, 2.45) is 0 Å². The van der Waals surface area contributed by atoms with Crippen LogP contribution in [0.5, 0.6) is 5.75 Å². The molecule has 2 aromatic carbocycles. The van der Waals surface area contributed by atoms with Gasteiger partial charge in [0.25, 0.3) is 0 Å². The van der Waals surface area contributed by atoms with Gasteiger partial charge in [-0.1, -0.05) is 42.5 Å². The zero-order valence-electron chi connectivity index (χ0n) is 10.8. The molecule has 0 aliphatic heterocycles. The third-order valence-corrected chi connectivity index (χ3v) is 3.35. The van der Waals surface area contributed by atoms with Gasteiger partial charge in [-0.25, -0.2) is 0 Å². The maximum atomic E-state index is 10.4. The molecule has 2 atom stereocenters. The summed E-state index contributed by atoms with van der Waals surface area (Å²) < 4.78 is 5.87. The molecule has 0 saturated heterocycles. The minimum atomic E-state index is -0.623. The minimum absolute atomic E-state index is 0.336. The average molecular weight is 252 g/mol. The Morgan fingerprint density at radius 1 is 1.05 bits per heavy atom. The van der Waals surface area contributed by atoms with Gasteiger partial charge in [-0.3, -0.25) is 0 Å². The Hall–Kier alpha value is -2.06. The summed E-state index contributed by atoms with van der Waals surface area (Å²) in [5.74, 6) is 0.785. The van der Waals surface area contributed by atoms with E-state index in [1.54, 1.807) is 0 Å². The van der Waals surface area contributed by atoms with Crippen molar-refractivity contribution < 1.29 is 9.84 Å². The Balaban J connectivity index is 1.85. The summed E-state index contributed by atoms with van der Waals surface area (Å²) >= 11 is 0. The fraction of sp³-hybridized carbons (Fsp3) is 0.176. The van der Waals surface area contributed by atoms with Crippen molar-refractivity contribution in [3.05, 3.63) is 71.3 Å². The van der Waals surface area contributed by atoms with Gasteiger partial charge in [-0.2, -0.15) is 0 Å². The number of hydrogen-bond acceptors (Lipinski definition) is 2. The first-order chi connectivity index (χ1) is 9.24. The predicted octanol–water partition coefficient (Wildman–Crippen LogP) is 3.50. The molecule has 3 rings (SSSR count). The lowest BCUT2D eigenvalue weighted by atomic mass is 9.93. The first-order valence-electron chi connectivity index (χ1n) is 6.42. The fourth-order valence-corrected chi connectivity index (χ4v) is 2.36. The summed E-state index contributed by atoms with van der Waals surface area (Å²) in [6.45, 7) is 2.02. The molecule has 0 unspecified atom stereocenters. The van der Waals surface area contributed by atoms with E-state index in [0.29, 0.717) is 0 Å². The van der Waals surface area contributed by atoms with Crippen molar-refractivity contribution in [3.63, 3.8) is 0 Å². The third kappa shape index (κ3) is 2.40. The number of benzene rings is 2. The SMILES string of the molecule is Cc1cccc(O[C@H]2C=Cc3ccccc3[C@@H]2O)c1. The Kier molecular flexibility index (Phi) is 3.10. The maximum Gasteiger partial charge on any atom is 0.147 e. The van der Waals surface area contributed by atoms with Crippen molar-refractivity contribution >= 4 is 6.08 Å². The zero-order valence-corrected chi connectivity index (χ0v) is 10.8. The molecule has 0 aromatic heterocycles. The van der Waals surface area contributed by atoms with Crippen LogP contribution in [0.15, 0.2) is 54.6 Å². The number of ether oxygens (including phenoxy) is 1. The van der Waals surface area contributed by atoms with Gasteiger partial charge in [0, 0.05) is 0 Å². The molecular formula is C17H16O2. The van der Waals surface area contributed by atoms with E-state index in [1.807, 2.05) is 67.6 Å². The Labute approximate surface area is 113 Å². The quantitative estimate of drug-likeness (QED) is 0.886. The monoisotopic (exact) mass is 252 g/mol. The van der Waals surface area contributed by atoms with Gasteiger partial charge >= 0.3 is 0 Å². The molecular weight excluding hydrogens is 236 g/mol. The van der Waals surface area contributed by atoms with Crippen LogP contribution in [0.4, 0.5) is 0 Å². The molecule has 0 spiro atoms. The Morgan fingerprint density at radius 3 is 2.74 bits per heavy atom. The molecule has 0 amide bonds. The zero-order chi connectivity index (χ0) is 13.2. The van der Waals surface area contributed by atoms with E-state index in [2.05, 4.69) is 0 Å². The highest BCUT2D eigenvalue weighted by Gasteiger charge is 2.25. The fourth-order valence-electron chi connectivity index (χ4n) is 2.36. The highest BCUT2D eigenvalue weighted by molar-refractivity contribution is 5.58. The second-order valence-corrected chi connectivity index (χ2v) is 4.83. The molecule has 1 aliphatic carbocycles. The van der Waals surface area contributed by atoms with E-state index in [1.165, 1.54) is 0 Å². The smallest absolute Gasteiger partial charge is 0.147 e. The van der Waals surface area contributed by atoms with Crippen molar-refractivity contribution in [2.45, 2.75) is 19.1 Å². The molecule has 96 valence electrons. The van der Waals surface area contributed by atoms with Crippen LogP contribution in [0, 0.1) is 6.92 Å². The normalized spacial score (nSPS) is 20.9. The topological polar surface area (TPSA) is 29.5 Å². The first-order valence-corrected chi connectivity index (χ1v) is 6.42. The van der Waals surface area contributed by atoms with Crippen molar-refractivity contribution in [3.8, 4) is 5.75 Å². The van der Waals surface area contributed by atoms with Crippen LogP contribution in [0.25, 0.3) is 6.08 Å². The van der Waals surface area contributed by atoms with E-state index < -0.39 is 6.10 Å². The highest BCUT2D eigenvalue weighted by Crippen LogP contribution is 2.30. The van der Waals surface area contributed by atoms with Gasteiger partial charge in [-0.05, 0) is 41.8 Å². The number of aryl methyl sites for hydroxylation is 1. The standard InChI is InChI=1S/C17H16O2/c1-12-5-4-7-14(11-12)19-16-10-9-13-6-2-3-8-15(13)17(16)18/h2-11,16-18H,1H3/t16-,17-/m0/s1. The van der Waals surface area contributed by atoms with Gasteiger partial charge in [0.2, 0.25) is 0 Å². The molecule has 19 heavy (non-hydrogen) atoms. The molecule has 2 nitrogen and oxygen atoms in total. The van der Waals surface area contributed by atoms with Gasteiger partial charge in [0.15, 0.2) is 0 Å². The lowest BCUT2D eigenvalue weighted by molar-refractivity contribution is 0.0623. The van der Waals surface area contributed by atoms with Crippen LogP contribution >= 0.6 is 0 Å². The van der Waals surface area contributed by atoms with E-state index in [9.17, 15) is 5.11 Å². The van der Waals surface area contributed by atoms with E-state index in [0.717, 1.165) is 22.4 Å². The molecule has 0 heterocycles.